The van der Waals surface area contributed by atoms with Gasteiger partial charge >= 0.3 is 18.1 Å². The van der Waals surface area contributed by atoms with E-state index in [1.54, 1.807) is 19.2 Å². The maximum atomic E-state index is 12.4. The highest BCUT2D eigenvalue weighted by atomic mass is 19.4. The summed E-state index contributed by atoms with van der Waals surface area (Å²) in [5, 5.41) is 0. The summed E-state index contributed by atoms with van der Waals surface area (Å²) in [5.41, 5.74) is 1.46. The number of halogens is 3. The number of carbonyl (C=O) groups excluding carboxylic acids is 2. The van der Waals surface area contributed by atoms with E-state index in [1.165, 1.54) is 12.0 Å². The number of rotatable bonds is 3. The first-order valence-corrected chi connectivity index (χ1v) is 8.17. The minimum absolute atomic E-state index is 0.123. The lowest BCUT2D eigenvalue weighted by atomic mass is 9.90. The quantitative estimate of drug-likeness (QED) is 0.601. The van der Waals surface area contributed by atoms with Crippen molar-refractivity contribution >= 4 is 11.9 Å². The number of hydrogen-bond acceptors (Lipinski definition) is 5. The van der Waals surface area contributed by atoms with Gasteiger partial charge in [0, 0.05) is 18.3 Å². The number of amides is 1. The number of pyridine rings is 1. The fourth-order valence-corrected chi connectivity index (χ4v) is 3.03. The first kappa shape index (κ1) is 20.0. The molecule has 0 radical (unpaired) electrons. The summed E-state index contributed by atoms with van der Waals surface area (Å²) in [4.78, 5) is 29.6. The van der Waals surface area contributed by atoms with Crippen molar-refractivity contribution in [1.82, 2.24) is 9.88 Å². The Kier molecular flexibility index (Phi) is 6.09. The molecule has 0 saturated carbocycles. The van der Waals surface area contributed by atoms with Gasteiger partial charge in [-0.25, -0.2) is 9.78 Å². The molecule has 1 aromatic rings. The predicted molar refractivity (Wildman–Crippen MR) is 85.4 cm³/mol. The number of likely N-dealkylation sites (tertiary alicyclic amines) is 1. The molecule has 0 aliphatic carbocycles. The zero-order valence-electron chi connectivity index (χ0n) is 14.8. The molecule has 2 heterocycles. The standard InChI is InChI=1S/C17H21F3N2O4/c1-10-4-5-13(12-6-11(2)14(25-3)21-7-12)22(8-10)15(23)16(24)26-9-17(18,19)20/h6-7,10,13H,4-5,8-9H2,1-3H3. The van der Waals surface area contributed by atoms with Gasteiger partial charge in [0.05, 0.1) is 13.2 Å². The zero-order chi connectivity index (χ0) is 19.5. The zero-order valence-corrected chi connectivity index (χ0v) is 14.8. The molecule has 9 heteroatoms. The van der Waals surface area contributed by atoms with Crippen LogP contribution in [0.25, 0.3) is 0 Å². The van der Waals surface area contributed by atoms with Crippen LogP contribution in [0, 0.1) is 12.8 Å². The fourth-order valence-electron chi connectivity index (χ4n) is 3.03. The molecule has 0 spiro atoms. The van der Waals surface area contributed by atoms with Crippen LogP contribution in [0.15, 0.2) is 12.3 Å². The van der Waals surface area contributed by atoms with Crippen molar-refractivity contribution in [1.29, 1.82) is 0 Å². The number of esters is 1. The van der Waals surface area contributed by atoms with Gasteiger partial charge < -0.3 is 14.4 Å². The summed E-state index contributed by atoms with van der Waals surface area (Å²) in [7, 11) is 1.49. The van der Waals surface area contributed by atoms with Gasteiger partial charge in [-0.15, -0.1) is 0 Å². The highest BCUT2D eigenvalue weighted by Gasteiger charge is 2.37. The molecule has 1 aliphatic rings. The lowest BCUT2D eigenvalue weighted by Gasteiger charge is -2.38. The Morgan fingerprint density at radius 2 is 2.04 bits per heavy atom. The van der Waals surface area contributed by atoms with Crippen molar-refractivity contribution < 1.29 is 32.2 Å². The first-order chi connectivity index (χ1) is 12.1. The maximum absolute atomic E-state index is 12.4. The van der Waals surface area contributed by atoms with E-state index in [0.717, 1.165) is 12.0 Å². The molecule has 1 saturated heterocycles. The third kappa shape index (κ3) is 4.86. The Morgan fingerprint density at radius 3 is 2.62 bits per heavy atom. The van der Waals surface area contributed by atoms with Gasteiger partial charge in [0.2, 0.25) is 5.88 Å². The Hall–Kier alpha value is -2.32. The number of aromatic nitrogens is 1. The summed E-state index contributed by atoms with van der Waals surface area (Å²) >= 11 is 0. The van der Waals surface area contributed by atoms with Gasteiger partial charge in [-0.1, -0.05) is 6.92 Å². The highest BCUT2D eigenvalue weighted by molar-refractivity contribution is 6.32. The SMILES string of the molecule is COc1ncc(C2CCC(C)CN2C(=O)C(=O)OCC(F)(F)F)cc1C. The summed E-state index contributed by atoms with van der Waals surface area (Å²) in [5.74, 6) is -2.00. The van der Waals surface area contributed by atoms with Crippen molar-refractivity contribution in [3.8, 4) is 5.88 Å². The van der Waals surface area contributed by atoms with Crippen LogP contribution in [0.1, 0.15) is 36.9 Å². The second-order valence-electron chi connectivity index (χ2n) is 6.44. The average molecular weight is 374 g/mol. The van der Waals surface area contributed by atoms with Gasteiger partial charge in [-0.3, -0.25) is 4.79 Å². The average Bonchev–Trinajstić information content (AvgIpc) is 2.58. The van der Waals surface area contributed by atoms with Crippen LogP contribution in [0.5, 0.6) is 5.88 Å². The van der Waals surface area contributed by atoms with Crippen LogP contribution in [-0.2, 0) is 14.3 Å². The monoisotopic (exact) mass is 374 g/mol. The van der Waals surface area contributed by atoms with Gasteiger partial charge in [0.1, 0.15) is 0 Å². The van der Waals surface area contributed by atoms with E-state index in [0.29, 0.717) is 17.9 Å². The molecule has 1 fully saturated rings. The second-order valence-corrected chi connectivity index (χ2v) is 6.44. The number of methoxy groups -OCH3 is 1. The van der Waals surface area contributed by atoms with E-state index in [-0.39, 0.29) is 12.5 Å². The lowest BCUT2D eigenvalue weighted by Crippen LogP contribution is -2.45. The van der Waals surface area contributed by atoms with Crippen LogP contribution < -0.4 is 4.74 Å². The molecule has 1 aromatic heterocycles. The predicted octanol–water partition coefficient (Wildman–Crippen LogP) is 2.80. The molecule has 0 bridgehead atoms. The van der Waals surface area contributed by atoms with E-state index in [9.17, 15) is 22.8 Å². The molecule has 1 aliphatic heterocycles. The molecule has 26 heavy (non-hydrogen) atoms. The summed E-state index contributed by atoms with van der Waals surface area (Å²) in [6.45, 7) is 2.18. The third-order valence-corrected chi connectivity index (χ3v) is 4.25. The molecular formula is C17H21F3N2O4. The molecule has 6 nitrogen and oxygen atoms in total. The van der Waals surface area contributed by atoms with E-state index >= 15 is 0 Å². The number of hydrogen-bond donors (Lipinski definition) is 0. The minimum Gasteiger partial charge on any atom is -0.481 e. The molecule has 2 unspecified atom stereocenters. The van der Waals surface area contributed by atoms with Crippen molar-refractivity contribution in [2.75, 3.05) is 20.3 Å². The summed E-state index contributed by atoms with van der Waals surface area (Å²) in [6, 6.07) is 1.35. The Labute approximate surface area is 149 Å². The van der Waals surface area contributed by atoms with Crippen LogP contribution in [0.3, 0.4) is 0 Å². The van der Waals surface area contributed by atoms with E-state index in [1.807, 2.05) is 6.92 Å². The molecule has 0 N–H and O–H groups in total. The van der Waals surface area contributed by atoms with Gasteiger partial charge in [-0.05, 0) is 37.3 Å². The second kappa shape index (κ2) is 7.92. The highest BCUT2D eigenvalue weighted by Crippen LogP contribution is 2.34. The number of ether oxygens (including phenoxy) is 2. The smallest absolute Gasteiger partial charge is 0.422 e. The van der Waals surface area contributed by atoms with Crippen molar-refractivity contribution in [2.24, 2.45) is 5.92 Å². The molecule has 2 atom stereocenters. The Balaban J connectivity index is 2.20. The first-order valence-electron chi connectivity index (χ1n) is 8.17. The Morgan fingerprint density at radius 1 is 1.35 bits per heavy atom. The number of nitrogens with zero attached hydrogens (tertiary/aromatic N) is 2. The van der Waals surface area contributed by atoms with Gasteiger partial charge in [-0.2, -0.15) is 13.2 Å². The molecule has 0 aromatic carbocycles. The van der Waals surface area contributed by atoms with Crippen LogP contribution in [0.4, 0.5) is 13.2 Å². The Bertz CT molecular complexity index is 678. The largest absolute Gasteiger partial charge is 0.481 e. The normalized spacial score (nSPS) is 20.6. The number of alkyl halides is 3. The fraction of sp³-hybridized carbons (Fsp3) is 0.588. The minimum atomic E-state index is -4.68. The van der Waals surface area contributed by atoms with Crippen LogP contribution in [0.2, 0.25) is 0 Å². The van der Waals surface area contributed by atoms with Crippen molar-refractivity contribution in [3.63, 3.8) is 0 Å². The maximum Gasteiger partial charge on any atom is 0.422 e. The van der Waals surface area contributed by atoms with Crippen molar-refractivity contribution in [2.45, 2.75) is 38.9 Å². The van der Waals surface area contributed by atoms with Crippen LogP contribution >= 0.6 is 0 Å². The van der Waals surface area contributed by atoms with Crippen LogP contribution in [-0.4, -0.2) is 48.2 Å². The van der Waals surface area contributed by atoms with E-state index in [4.69, 9.17) is 4.74 Å². The van der Waals surface area contributed by atoms with Gasteiger partial charge in [0.25, 0.3) is 0 Å². The lowest BCUT2D eigenvalue weighted by molar-refractivity contribution is -0.190. The number of carbonyl (C=O) groups is 2. The topological polar surface area (TPSA) is 68.7 Å². The molecule has 144 valence electrons. The van der Waals surface area contributed by atoms with Gasteiger partial charge in [0.15, 0.2) is 6.61 Å². The molecular weight excluding hydrogens is 353 g/mol. The van der Waals surface area contributed by atoms with E-state index in [2.05, 4.69) is 9.72 Å². The summed E-state index contributed by atoms with van der Waals surface area (Å²) in [6.07, 6.45) is -1.74. The summed E-state index contributed by atoms with van der Waals surface area (Å²) < 4.78 is 45.9. The number of aryl methyl sites for hydroxylation is 1. The molecule has 1 amide bonds. The molecule has 2 rings (SSSR count). The third-order valence-electron chi connectivity index (χ3n) is 4.25. The van der Waals surface area contributed by atoms with E-state index < -0.39 is 30.7 Å². The van der Waals surface area contributed by atoms with Crippen molar-refractivity contribution in [3.05, 3.63) is 23.4 Å². The number of piperidine rings is 1.